The molecule has 2 aromatic rings. The number of hydrogen-bond donors (Lipinski definition) is 1. The fourth-order valence-electron chi connectivity index (χ4n) is 3.07. The zero-order valence-corrected chi connectivity index (χ0v) is 14.6. The number of urea groups is 1. The summed E-state index contributed by atoms with van der Waals surface area (Å²) in [6.07, 6.45) is 5.08. The molecular formula is C18H23N5O2. The van der Waals surface area contributed by atoms with Gasteiger partial charge in [-0.1, -0.05) is 18.2 Å². The van der Waals surface area contributed by atoms with E-state index in [9.17, 15) is 9.59 Å². The van der Waals surface area contributed by atoms with Gasteiger partial charge in [-0.25, -0.2) is 4.79 Å². The van der Waals surface area contributed by atoms with E-state index in [2.05, 4.69) is 10.4 Å². The second-order valence-corrected chi connectivity index (χ2v) is 6.35. The Morgan fingerprint density at radius 1 is 1.28 bits per heavy atom. The Bertz CT molecular complexity index is 743. The maximum Gasteiger partial charge on any atom is 0.321 e. The van der Waals surface area contributed by atoms with Gasteiger partial charge in [-0.05, 0) is 25.0 Å². The van der Waals surface area contributed by atoms with Crippen molar-refractivity contribution in [3.8, 4) is 0 Å². The molecule has 132 valence electrons. The summed E-state index contributed by atoms with van der Waals surface area (Å²) in [5.74, 6) is -0.175. The van der Waals surface area contributed by atoms with Gasteiger partial charge in [-0.3, -0.25) is 9.48 Å². The van der Waals surface area contributed by atoms with Gasteiger partial charge < -0.3 is 15.1 Å². The SMILES string of the molecule is CN(C(=O)C1CCCN(C(=O)Nc2ccccc2)C1)c1cnn(C)c1. The van der Waals surface area contributed by atoms with Gasteiger partial charge in [0, 0.05) is 39.1 Å². The van der Waals surface area contributed by atoms with Gasteiger partial charge >= 0.3 is 6.03 Å². The van der Waals surface area contributed by atoms with E-state index in [-0.39, 0.29) is 17.9 Å². The van der Waals surface area contributed by atoms with Crippen molar-refractivity contribution in [2.45, 2.75) is 12.8 Å². The first-order chi connectivity index (χ1) is 12.0. The molecule has 1 unspecified atom stereocenters. The average Bonchev–Trinajstić information content (AvgIpc) is 3.08. The highest BCUT2D eigenvalue weighted by molar-refractivity contribution is 5.95. The van der Waals surface area contributed by atoms with Crippen molar-refractivity contribution in [3.63, 3.8) is 0 Å². The zero-order valence-electron chi connectivity index (χ0n) is 14.6. The highest BCUT2D eigenvalue weighted by Crippen LogP contribution is 2.22. The molecule has 1 N–H and O–H groups in total. The summed E-state index contributed by atoms with van der Waals surface area (Å²) in [5.41, 5.74) is 1.52. The predicted molar refractivity (Wildman–Crippen MR) is 96.4 cm³/mol. The molecular weight excluding hydrogens is 318 g/mol. The molecule has 3 rings (SSSR count). The van der Waals surface area contributed by atoms with E-state index in [1.165, 1.54) is 0 Å². The van der Waals surface area contributed by atoms with Crippen molar-refractivity contribution in [1.29, 1.82) is 0 Å². The lowest BCUT2D eigenvalue weighted by molar-refractivity contribution is -0.123. The van der Waals surface area contributed by atoms with Crippen molar-refractivity contribution in [1.82, 2.24) is 14.7 Å². The van der Waals surface area contributed by atoms with Crippen LogP contribution < -0.4 is 10.2 Å². The molecule has 25 heavy (non-hydrogen) atoms. The van der Waals surface area contributed by atoms with E-state index in [1.54, 1.807) is 33.9 Å². The second kappa shape index (κ2) is 7.38. The van der Waals surface area contributed by atoms with E-state index in [0.717, 1.165) is 24.2 Å². The van der Waals surface area contributed by atoms with Crippen LogP contribution in [0, 0.1) is 5.92 Å². The lowest BCUT2D eigenvalue weighted by atomic mass is 9.96. The molecule has 1 atom stereocenters. The Kier molecular flexibility index (Phi) is 5.02. The number of anilines is 2. The van der Waals surface area contributed by atoms with Crippen LogP contribution in [-0.2, 0) is 11.8 Å². The van der Waals surface area contributed by atoms with Crippen molar-refractivity contribution in [3.05, 3.63) is 42.7 Å². The van der Waals surface area contributed by atoms with E-state index < -0.39 is 0 Å². The number of para-hydroxylation sites is 1. The number of aromatic nitrogens is 2. The smallest absolute Gasteiger partial charge is 0.321 e. The van der Waals surface area contributed by atoms with Crippen LogP contribution in [0.5, 0.6) is 0 Å². The summed E-state index contributed by atoms with van der Waals surface area (Å²) < 4.78 is 1.67. The van der Waals surface area contributed by atoms with E-state index in [0.29, 0.717) is 13.1 Å². The van der Waals surface area contributed by atoms with Gasteiger partial charge in [-0.15, -0.1) is 0 Å². The summed E-state index contributed by atoms with van der Waals surface area (Å²) >= 11 is 0. The molecule has 0 radical (unpaired) electrons. The third-order valence-electron chi connectivity index (χ3n) is 4.49. The lowest BCUT2D eigenvalue weighted by Crippen LogP contribution is -2.47. The van der Waals surface area contributed by atoms with Crippen LogP contribution in [-0.4, -0.2) is 46.8 Å². The summed E-state index contributed by atoms with van der Waals surface area (Å²) in [5, 5.41) is 6.99. The minimum absolute atomic E-state index is 0.0187. The van der Waals surface area contributed by atoms with Crippen LogP contribution in [0.2, 0.25) is 0 Å². The third-order valence-corrected chi connectivity index (χ3v) is 4.49. The number of nitrogens with zero attached hydrogens (tertiary/aromatic N) is 4. The van der Waals surface area contributed by atoms with Gasteiger partial charge in [0.05, 0.1) is 17.8 Å². The number of likely N-dealkylation sites (tertiary alicyclic amines) is 1. The van der Waals surface area contributed by atoms with E-state index >= 15 is 0 Å². The van der Waals surface area contributed by atoms with E-state index in [4.69, 9.17) is 0 Å². The number of hydrogen-bond acceptors (Lipinski definition) is 3. The third kappa shape index (κ3) is 3.99. The normalized spacial score (nSPS) is 17.2. The molecule has 1 aromatic carbocycles. The highest BCUT2D eigenvalue weighted by atomic mass is 16.2. The van der Waals surface area contributed by atoms with Crippen LogP contribution in [0.25, 0.3) is 0 Å². The first kappa shape index (κ1) is 17.0. The molecule has 0 spiro atoms. The van der Waals surface area contributed by atoms with Crippen molar-refractivity contribution in [2.75, 3.05) is 30.4 Å². The Labute approximate surface area is 147 Å². The largest absolute Gasteiger partial charge is 0.324 e. The number of rotatable bonds is 3. The Hall–Kier alpha value is -2.83. The Balaban J connectivity index is 1.62. The van der Waals surface area contributed by atoms with Crippen LogP contribution in [0.3, 0.4) is 0 Å². The molecule has 1 saturated heterocycles. The van der Waals surface area contributed by atoms with Gasteiger partial charge in [0.1, 0.15) is 0 Å². The molecule has 2 heterocycles. The first-order valence-electron chi connectivity index (χ1n) is 8.42. The summed E-state index contributed by atoms with van der Waals surface area (Å²) in [6, 6.07) is 9.19. The monoisotopic (exact) mass is 341 g/mol. The number of nitrogens with one attached hydrogen (secondary N) is 1. The lowest BCUT2D eigenvalue weighted by Gasteiger charge is -2.33. The molecule has 0 bridgehead atoms. The fourth-order valence-corrected chi connectivity index (χ4v) is 3.07. The standard InChI is InChI=1S/C18H23N5O2/c1-21-13-16(11-19-21)22(2)17(24)14-7-6-10-23(12-14)18(25)20-15-8-4-3-5-9-15/h3-5,8-9,11,13-14H,6-7,10,12H2,1-2H3,(H,20,25). The highest BCUT2D eigenvalue weighted by Gasteiger charge is 2.31. The molecule has 3 amide bonds. The van der Waals surface area contributed by atoms with Crippen LogP contribution in [0.15, 0.2) is 42.7 Å². The van der Waals surface area contributed by atoms with Gasteiger partial charge in [0.2, 0.25) is 5.91 Å². The van der Waals surface area contributed by atoms with Crippen molar-refractivity contribution < 1.29 is 9.59 Å². The fraction of sp³-hybridized carbons (Fsp3) is 0.389. The Morgan fingerprint density at radius 2 is 2.04 bits per heavy atom. The molecule has 7 heteroatoms. The molecule has 1 aromatic heterocycles. The molecule has 0 aliphatic carbocycles. The quantitative estimate of drug-likeness (QED) is 0.931. The molecule has 1 aliphatic heterocycles. The number of piperidine rings is 1. The van der Waals surface area contributed by atoms with Crippen LogP contribution >= 0.6 is 0 Å². The maximum absolute atomic E-state index is 12.8. The zero-order chi connectivity index (χ0) is 17.8. The summed E-state index contributed by atoms with van der Waals surface area (Å²) in [4.78, 5) is 28.6. The molecule has 7 nitrogen and oxygen atoms in total. The van der Waals surface area contributed by atoms with Gasteiger partial charge in [-0.2, -0.15) is 5.10 Å². The second-order valence-electron chi connectivity index (χ2n) is 6.35. The Morgan fingerprint density at radius 3 is 2.72 bits per heavy atom. The topological polar surface area (TPSA) is 70.5 Å². The summed E-state index contributed by atoms with van der Waals surface area (Å²) in [7, 11) is 3.57. The van der Waals surface area contributed by atoms with Crippen LogP contribution in [0.4, 0.5) is 16.2 Å². The number of aryl methyl sites for hydroxylation is 1. The van der Waals surface area contributed by atoms with Crippen LogP contribution in [0.1, 0.15) is 12.8 Å². The summed E-state index contributed by atoms with van der Waals surface area (Å²) in [6.45, 7) is 1.10. The molecule has 1 fully saturated rings. The number of amides is 3. The number of benzene rings is 1. The maximum atomic E-state index is 12.8. The van der Waals surface area contributed by atoms with Crippen molar-refractivity contribution >= 4 is 23.3 Å². The number of carbonyl (C=O) groups excluding carboxylic acids is 2. The van der Waals surface area contributed by atoms with Gasteiger partial charge in [0.15, 0.2) is 0 Å². The minimum Gasteiger partial charge on any atom is -0.324 e. The van der Waals surface area contributed by atoms with E-state index in [1.807, 2.05) is 37.4 Å². The van der Waals surface area contributed by atoms with Gasteiger partial charge in [0.25, 0.3) is 0 Å². The molecule has 0 saturated carbocycles. The minimum atomic E-state index is -0.194. The predicted octanol–water partition coefficient (Wildman–Crippen LogP) is 2.33. The van der Waals surface area contributed by atoms with Crippen molar-refractivity contribution in [2.24, 2.45) is 13.0 Å². The molecule has 1 aliphatic rings. The average molecular weight is 341 g/mol. The first-order valence-corrected chi connectivity index (χ1v) is 8.42. The number of carbonyl (C=O) groups is 2.